The summed E-state index contributed by atoms with van der Waals surface area (Å²) in [6.45, 7) is 7.51. The maximum absolute atomic E-state index is 6.10. The van der Waals surface area contributed by atoms with Crippen molar-refractivity contribution in [1.82, 2.24) is 25.6 Å². The molecule has 0 saturated heterocycles. The van der Waals surface area contributed by atoms with Crippen molar-refractivity contribution in [2.45, 2.75) is 45.4 Å². The molecule has 3 N–H and O–H groups in total. The number of anilines is 1. The zero-order valence-electron chi connectivity index (χ0n) is 18.6. The van der Waals surface area contributed by atoms with Crippen molar-refractivity contribution in [2.75, 3.05) is 18.5 Å². The van der Waals surface area contributed by atoms with Crippen LogP contribution < -0.4 is 25.4 Å². The summed E-state index contributed by atoms with van der Waals surface area (Å²) in [4.78, 5) is 17.6. The van der Waals surface area contributed by atoms with Gasteiger partial charge >= 0.3 is 0 Å². The quantitative estimate of drug-likeness (QED) is 0.408. The monoisotopic (exact) mass is 435 g/mol. The number of rotatable bonds is 9. The van der Waals surface area contributed by atoms with Crippen LogP contribution in [0.15, 0.2) is 59.3 Å². The summed E-state index contributed by atoms with van der Waals surface area (Å²) in [6.07, 6.45) is 11.4. The maximum Gasteiger partial charge on any atom is 0.214 e. The third kappa shape index (κ3) is 5.82. The number of pyridine rings is 1. The molecule has 168 valence electrons. The number of ether oxygens (including phenoxy) is 2. The molecule has 0 fully saturated rings. The average molecular weight is 436 g/mol. The van der Waals surface area contributed by atoms with Gasteiger partial charge in [0.1, 0.15) is 30.1 Å². The molecule has 2 aromatic heterocycles. The summed E-state index contributed by atoms with van der Waals surface area (Å²) in [5, 5.41) is 9.81. The number of nitrogens with zero attached hydrogens (tertiary/aromatic N) is 4. The van der Waals surface area contributed by atoms with Gasteiger partial charge in [-0.2, -0.15) is 0 Å². The molecule has 32 heavy (non-hydrogen) atoms. The van der Waals surface area contributed by atoms with Crippen molar-refractivity contribution in [3.05, 3.63) is 60.0 Å². The van der Waals surface area contributed by atoms with Gasteiger partial charge in [-0.25, -0.2) is 9.97 Å². The van der Waals surface area contributed by atoms with E-state index >= 15 is 0 Å². The molecule has 2 aromatic rings. The van der Waals surface area contributed by atoms with E-state index in [2.05, 4.69) is 49.7 Å². The van der Waals surface area contributed by atoms with Crippen LogP contribution in [0, 0.1) is 6.92 Å². The van der Waals surface area contributed by atoms with Crippen LogP contribution in [0.25, 0.3) is 0 Å². The summed E-state index contributed by atoms with van der Waals surface area (Å²) < 4.78 is 11.8. The van der Waals surface area contributed by atoms with Crippen LogP contribution in [0.2, 0.25) is 0 Å². The summed E-state index contributed by atoms with van der Waals surface area (Å²) >= 11 is 0. The molecule has 0 bridgehead atoms. The van der Waals surface area contributed by atoms with E-state index in [-0.39, 0.29) is 12.1 Å². The number of hydrogen-bond donors (Lipinski definition) is 3. The largest absolute Gasteiger partial charge is 0.491 e. The maximum atomic E-state index is 6.10. The molecule has 2 aliphatic rings. The summed E-state index contributed by atoms with van der Waals surface area (Å²) in [5.41, 5.74) is 1.97. The van der Waals surface area contributed by atoms with E-state index < -0.39 is 0 Å². The zero-order chi connectivity index (χ0) is 22.3. The lowest BCUT2D eigenvalue weighted by molar-refractivity contribution is 0.232. The number of hydrogen-bond acceptors (Lipinski definition) is 9. The lowest BCUT2D eigenvalue weighted by Crippen LogP contribution is -2.34. The Bertz CT molecular complexity index is 984. The molecule has 3 heterocycles. The van der Waals surface area contributed by atoms with Gasteiger partial charge in [-0.3, -0.25) is 9.98 Å². The van der Waals surface area contributed by atoms with Gasteiger partial charge in [-0.15, -0.1) is 0 Å². The first-order valence-corrected chi connectivity index (χ1v) is 10.8. The Hall–Kier alpha value is -3.46. The molecule has 0 radical (unpaired) electrons. The average Bonchev–Trinajstić information content (AvgIpc) is 2.79. The molecular formula is C23H29N7O2. The van der Waals surface area contributed by atoms with E-state index in [0.717, 1.165) is 29.4 Å². The van der Waals surface area contributed by atoms with Gasteiger partial charge in [0.15, 0.2) is 0 Å². The molecule has 0 aromatic carbocycles. The summed E-state index contributed by atoms with van der Waals surface area (Å²) in [7, 11) is 0. The van der Waals surface area contributed by atoms with Gasteiger partial charge in [0.25, 0.3) is 0 Å². The highest BCUT2D eigenvalue weighted by atomic mass is 16.5. The van der Waals surface area contributed by atoms with Gasteiger partial charge in [0.2, 0.25) is 5.88 Å². The van der Waals surface area contributed by atoms with Crippen LogP contribution in [0.5, 0.6) is 11.6 Å². The van der Waals surface area contributed by atoms with Crippen LogP contribution in [0.3, 0.4) is 0 Å². The van der Waals surface area contributed by atoms with E-state index in [1.807, 2.05) is 31.2 Å². The fourth-order valence-electron chi connectivity index (χ4n) is 3.39. The minimum atomic E-state index is -0.147. The smallest absolute Gasteiger partial charge is 0.214 e. The fourth-order valence-corrected chi connectivity index (χ4v) is 3.39. The van der Waals surface area contributed by atoms with Crippen molar-refractivity contribution in [2.24, 2.45) is 4.99 Å². The Morgan fingerprint density at radius 1 is 1.12 bits per heavy atom. The second-order valence-corrected chi connectivity index (χ2v) is 7.97. The standard InChI is InChI=1S/C23H29N7O2/c1-15(2)24-8-9-31-18-5-7-22(27-12-18)32-17-4-6-20-19(10-17)23(29-14-28-20)30-21-13-25-16(3)11-26-21/h4-7,11-15,17,20,24H,8-10H2,1-3H3,(H,26,30)(H,28,29). The van der Waals surface area contributed by atoms with Gasteiger partial charge < -0.3 is 25.4 Å². The normalized spacial score (nSPS) is 19.5. The van der Waals surface area contributed by atoms with Crippen LogP contribution in [0.1, 0.15) is 26.0 Å². The van der Waals surface area contributed by atoms with Crippen LogP contribution in [-0.2, 0) is 0 Å². The van der Waals surface area contributed by atoms with Crippen molar-refractivity contribution < 1.29 is 9.47 Å². The Morgan fingerprint density at radius 3 is 2.78 bits per heavy atom. The Balaban J connectivity index is 1.37. The highest BCUT2D eigenvalue weighted by Gasteiger charge is 2.27. The third-order valence-corrected chi connectivity index (χ3v) is 4.99. The first-order valence-electron chi connectivity index (χ1n) is 10.8. The summed E-state index contributed by atoms with van der Waals surface area (Å²) in [6, 6.07) is 4.12. The van der Waals surface area contributed by atoms with Crippen LogP contribution >= 0.6 is 0 Å². The Labute approximate surface area is 188 Å². The van der Waals surface area contributed by atoms with Crippen molar-refractivity contribution >= 4 is 12.2 Å². The first kappa shape index (κ1) is 21.8. The van der Waals surface area contributed by atoms with E-state index in [1.54, 1.807) is 24.9 Å². The second-order valence-electron chi connectivity index (χ2n) is 7.97. The number of aliphatic imine (C=N–C) groups is 1. The van der Waals surface area contributed by atoms with Gasteiger partial charge in [0.05, 0.1) is 36.7 Å². The highest BCUT2D eigenvalue weighted by Crippen LogP contribution is 2.28. The Kier molecular flexibility index (Phi) is 6.96. The van der Waals surface area contributed by atoms with Crippen molar-refractivity contribution in [1.29, 1.82) is 0 Å². The topological polar surface area (TPSA) is 106 Å². The molecular weight excluding hydrogens is 406 g/mol. The van der Waals surface area contributed by atoms with E-state index in [4.69, 9.17) is 9.47 Å². The molecule has 2 unspecified atom stereocenters. The molecule has 0 amide bonds. The SMILES string of the molecule is Cc1cnc(NC2=C3CC(Oc4ccc(OCCNC(C)C)cn4)C=CC3N=CN2)cn1. The third-order valence-electron chi connectivity index (χ3n) is 4.99. The predicted molar refractivity (Wildman–Crippen MR) is 124 cm³/mol. The summed E-state index contributed by atoms with van der Waals surface area (Å²) in [5.74, 6) is 2.80. The first-order chi connectivity index (χ1) is 15.6. The minimum absolute atomic E-state index is 0.0276. The van der Waals surface area contributed by atoms with Crippen LogP contribution in [0.4, 0.5) is 5.82 Å². The molecule has 2 atom stereocenters. The molecule has 0 saturated carbocycles. The van der Waals surface area contributed by atoms with Crippen LogP contribution in [-0.4, -0.2) is 52.6 Å². The fraction of sp³-hybridized carbons (Fsp3) is 0.391. The lowest BCUT2D eigenvalue weighted by atomic mass is 9.93. The van der Waals surface area contributed by atoms with Gasteiger partial charge in [-0.1, -0.05) is 19.9 Å². The van der Waals surface area contributed by atoms with E-state index in [1.165, 1.54) is 0 Å². The number of aryl methyl sites for hydroxylation is 1. The predicted octanol–water partition coefficient (Wildman–Crippen LogP) is 2.59. The zero-order valence-corrected chi connectivity index (χ0v) is 18.6. The van der Waals surface area contributed by atoms with E-state index in [0.29, 0.717) is 30.8 Å². The van der Waals surface area contributed by atoms with E-state index in [9.17, 15) is 0 Å². The molecule has 9 heteroatoms. The second kappa shape index (κ2) is 10.2. The molecule has 1 aliphatic heterocycles. The highest BCUT2D eigenvalue weighted by molar-refractivity contribution is 5.64. The lowest BCUT2D eigenvalue weighted by Gasteiger charge is -2.29. The number of fused-ring (bicyclic) bond motifs is 1. The minimum Gasteiger partial charge on any atom is -0.491 e. The molecule has 0 spiro atoms. The van der Waals surface area contributed by atoms with Crippen molar-refractivity contribution in [3.63, 3.8) is 0 Å². The van der Waals surface area contributed by atoms with Crippen molar-refractivity contribution in [3.8, 4) is 11.6 Å². The van der Waals surface area contributed by atoms with Gasteiger partial charge in [0, 0.05) is 30.6 Å². The van der Waals surface area contributed by atoms with Gasteiger partial charge in [-0.05, 0) is 19.1 Å². The molecule has 1 aliphatic carbocycles. The number of nitrogens with one attached hydrogen (secondary N) is 3. The number of aromatic nitrogens is 3. The molecule has 4 rings (SSSR count). The molecule has 9 nitrogen and oxygen atoms in total. The Morgan fingerprint density at radius 2 is 2.03 bits per heavy atom.